The molecule has 2 N–H and O–H groups in total. The Morgan fingerprint density at radius 3 is 2.92 bits per heavy atom. The second-order valence-corrected chi connectivity index (χ2v) is 3.65. The molecule has 1 aromatic rings. The lowest BCUT2D eigenvalue weighted by molar-refractivity contribution is 0.463. The molecule has 66 valence electrons. The van der Waals surface area contributed by atoms with Crippen LogP contribution in [0.15, 0.2) is 0 Å². The molecule has 0 bridgehead atoms. The maximum atomic E-state index is 5.86. The number of hydrogen-bond donors (Lipinski definition) is 1. The lowest BCUT2D eigenvalue weighted by Gasteiger charge is -2.20. The van der Waals surface area contributed by atoms with Crippen LogP contribution in [0.2, 0.25) is 10.4 Å². The van der Waals surface area contributed by atoms with Gasteiger partial charge in [0.1, 0.15) is 0 Å². The van der Waals surface area contributed by atoms with Gasteiger partial charge in [0.15, 0.2) is 5.15 Å². The van der Waals surface area contributed by atoms with Gasteiger partial charge in [0.25, 0.3) is 0 Å². The first-order chi connectivity index (χ1) is 5.70. The molecule has 0 aromatic carbocycles. The van der Waals surface area contributed by atoms with E-state index in [-0.39, 0.29) is 6.04 Å². The fraction of sp³-hybridized carbons (Fsp3) is 0.571. The third-order valence-electron chi connectivity index (χ3n) is 2.16. The Bertz CT molecular complexity index is 308. The largest absolute Gasteiger partial charge is 0.323 e. The lowest BCUT2D eigenvalue weighted by atomic mass is 10.1. The molecule has 1 aromatic heterocycles. The quantitative estimate of drug-likeness (QED) is 0.705. The molecule has 2 heterocycles. The summed E-state index contributed by atoms with van der Waals surface area (Å²) < 4.78 is 1.89. The zero-order chi connectivity index (χ0) is 8.72. The summed E-state index contributed by atoms with van der Waals surface area (Å²) in [5.41, 5.74) is 6.74. The predicted molar refractivity (Wildman–Crippen MR) is 48.4 cm³/mol. The third-order valence-corrected chi connectivity index (χ3v) is 2.73. The highest BCUT2D eigenvalue weighted by atomic mass is 35.5. The monoisotopic (exact) mass is 205 g/mol. The van der Waals surface area contributed by atoms with Gasteiger partial charge in [-0.25, -0.2) is 4.98 Å². The van der Waals surface area contributed by atoms with Gasteiger partial charge in [-0.1, -0.05) is 11.6 Å². The van der Waals surface area contributed by atoms with Crippen LogP contribution >= 0.6 is 23.2 Å². The number of nitrogens with zero attached hydrogens (tertiary/aromatic N) is 2. The summed E-state index contributed by atoms with van der Waals surface area (Å²) in [7, 11) is 0. The molecule has 0 saturated carbocycles. The standard InChI is InChI=1S/C7H9Cl2N3/c8-6-5-4(10)2-1-3-12(5)7(9)11-6/h4H,1-3,10H2. The van der Waals surface area contributed by atoms with Crippen molar-refractivity contribution < 1.29 is 0 Å². The Labute approximate surface area is 80.5 Å². The molecule has 0 fully saturated rings. The Hall–Kier alpha value is -0.250. The first-order valence-corrected chi connectivity index (χ1v) is 4.62. The van der Waals surface area contributed by atoms with Crippen LogP contribution < -0.4 is 5.73 Å². The molecule has 2 rings (SSSR count). The molecule has 1 unspecified atom stereocenters. The number of hydrogen-bond acceptors (Lipinski definition) is 2. The van der Waals surface area contributed by atoms with E-state index in [1.807, 2.05) is 4.57 Å². The minimum Gasteiger partial charge on any atom is -0.323 e. The zero-order valence-electron chi connectivity index (χ0n) is 6.43. The Morgan fingerprint density at radius 2 is 2.25 bits per heavy atom. The molecular weight excluding hydrogens is 197 g/mol. The van der Waals surface area contributed by atoms with Crippen molar-refractivity contribution in [2.24, 2.45) is 5.73 Å². The van der Waals surface area contributed by atoms with Crippen molar-refractivity contribution in [3.63, 3.8) is 0 Å². The number of nitrogens with two attached hydrogens (primary N) is 1. The highest BCUT2D eigenvalue weighted by Gasteiger charge is 2.23. The molecule has 0 spiro atoms. The SMILES string of the molecule is NC1CCCn2c(Cl)nc(Cl)c21. The average Bonchev–Trinajstić information content (AvgIpc) is 2.29. The van der Waals surface area contributed by atoms with Crippen LogP contribution in [-0.4, -0.2) is 9.55 Å². The number of aromatic nitrogens is 2. The maximum absolute atomic E-state index is 5.86. The summed E-state index contributed by atoms with van der Waals surface area (Å²) in [5, 5.41) is 0.900. The molecule has 12 heavy (non-hydrogen) atoms. The molecule has 5 heteroatoms. The molecule has 0 saturated heterocycles. The van der Waals surface area contributed by atoms with Crippen LogP contribution in [0.1, 0.15) is 24.6 Å². The maximum Gasteiger partial charge on any atom is 0.204 e. The van der Waals surface area contributed by atoms with Crippen molar-refractivity contribution in [2.75, 3.05) is 0 Å². The van der Waals surface area contributed by atoms with Gasteiger partial charge >= 0.3 is 0 Å². The van der Waals surface area contributed by atoms with Crippen LogP contribution in [0.3, 0.4) is 0 Å². The minimum atomic E-state index is -0.00810. The molecule has 0 aliphatic carbocycles. The zero-order valence-corrected chi connectivity index (χ0v) is 7.94. The first-order valence-electron chi connectivity index (χ1n) is 3.87. The molecular formula is C7H9Cl2N3. The van der Waals surface area contributed by atoms with Crippen molar-refractivity contribution in [1.82, 2.24) is 9.55 Å². The average molecular weight is 206 g/mol. The van der Waals surface area contributed by atoms with Gasteiger partial charge in [-0.3, -0.25) is 0 Å². The third kappa shape index (κ3) is 1.13. The predicted octanol–water partition coefficient (Wildman–Crippen LogP) is 1.98. The van der Waals surface area contributed by atoms with Crippen molar-refractivity contribution in [3.05, 3.63) is 16.1 Å². The smallest absolute Gasteiger partial charge is 0.204 e. The second kappa shape index (κ2) is 2.91. The fourth-order valence-corrected chi connectivity index (χ4v) is 2.21. The number of fused-ring (bicyclic) bond motifs is 1. The fourth-order valence-electron chi connectivity index (χ4n) is 1.58. The van der Waals surface area contributed by atoms with Gasteiger partial charge in [0, 0.05) is 12.6 Å². The van der Waals surface area contributed by atoms with Gasteiger partial charge < -0.3 is 10.3 Å². The van der Waals surface area contributed by atoms with Gasteiger partial charge in [0.2, 0.25) is 5.28 Å². The van der Waals surface area contributed by atoms with Gasteiger partial charge in [-0.05, 0) is 24.4 Å². The highest BCUT2D eigenvalue weighted by Crippen LogP contribution is 2.31. The van der Waals surface area contributed by atoms with Crippen LogP contribution in [-0.2, 0) is 6.54 Å². The topological polar surface area (TPSA) is 43.8 Å². The van der Waals surface area contributed by atoms with Gasteiger partial charge in [-0.2, -0.15) is 0 Å². The van der Waals surface area contributed by atoms with Gasteiger partial charge in [0.05, 0.1) is 5.69 Å². The van der Waals surface area contributed by atoms with Crippen molar-refractivity contribution in [2.45, 2.75) is 25.4 Å². The van der Waals surface area contributed by atoms with E-state index >= 15 is 0 Å². The number of imidazole rings is 1. The summed E-state index contributed by atoms with van der Waals surface area (Å²) in [6, 6.07) is -0.00810. The van der Waals surface area contributed by atoms with Crippen LogP contribution in [0, 0.1) is 0 Å². The summed E-state index contributed by atoms with van der Waals surface area (Å²) in [4.78, 5) is 3.96. The summed E-state index contributed by atoms with van der Waals surface area (Å²) in [6.07, 6.45) is 2.00. The summed E-state index contributed by atoms with van der Waals surface area (Å²) >= 11 is 11.7. The molecule has 1 aliphatic heterocycles. The van der Waals surface area contributed by atoms with E-state index in [1.165, 1.54) is 0 Å². The number of rotatable bonds is 0. The molecule has 0 radical (unpaired) electrons. The van der Waals surface area contributed by atoms with Crippen molar-refractivity contribution >= 4 is 23.2 Å². The molecule has 1 aliphatic rings. The van der Waals surface area contributed by atoms with E-state index in [9.17, 15) is 0 Å². The van der Waals surface area contributed by atoms with E-state index in [4.69, 9.17) is 28.9 Å². The Kier molecular flexibility index (Phi) is 2.02. The van der Waals surface area contributed by atoms with E-state index in [1.54, 1.807) is 0 Å². The van der Waals surface area contributed by atoms with E-state index in [2.05, 4.69) is 4.98 Å². The highest BCUT2D eigenvalue weighted by molar-refractivity contribution is 6.33. The normalized spacial score (nSPS) is 22.4. The van der Waals surface area contributed by atoms with E-state index in [0.29, 0.717) is 10.4 Å². The minimum absolute atomic E-state index is 0.00810. The second-order valence-electron chi connectivity index (χ2n) is 2.96. The molecule has 1 atom stereocenters. The van der Waals surface area contributed by atoms with E-state index < -0.39 is 0 Å². The Morgan fingerprint density at radius 1 is 1.50 bits per heavy atom. The van der Waals surface area contributed by atoms with Crippen LogP contribution in [0.5, 0.6) is 0 Å². The molecule has 3 nitrogen and oxygen atoms in total. The van der Waals surface area contributed by atoms with Crippen LogP contribution in [0.25, 0.3) is 0 Å². The van der Waals surface area contributed by atoms with Crippen LogP contribution in [0.4, 0.5) is 0 Å². The summed E-state index contributed by atoms with van der Waals surface area (Å²) in [5.74, 6) is 0. The number of halogens is 2. The van der Waals surface area contributed by atoms with Crippen molar-refractivity contribution in [1.29, 1.82) is 0 Å². The van der Waals surface area contributed by atoms with Gasteiger partial charge in [-0.15, -0.1) is 0 Å². The lowest BCUT2D eigenvalue weighted by Crippen LogP contribution is -2.21. The first kappa shape index (κ1) is 8.35. The Balaban J connectivity index is 2.55. The molecule has 0 amide bonds. The van der Waals surface area contributed by atoms with E-state index in [0.717, 1.165) is 25.1 Å². The van der Waals surface area contributed by atoms with Crippen molar-refractivity contribution in [3.8, 4) is 0 Å². The summed E-state index contributed by atoms with van der Waals surface area (Å²) in [6.45, 7) is 0.877.